The molecule has 0 saturated carbocycles. The topological polar surface area (TPSA) is 90.3 Å². The number of Topliss-reactive ketones (excluding diaryl/α,β-unsaturated/α-hetero) is 1. The Morgan fingerprint density at radius 1 is 1.32 bits per heavy atom. The molecule has 0 aliphatic carbocycles. The Labute approximate surface area is 146 Å². The largest absolute Gasteiger partial charge is 0.484 e. The summed E-state index contributed by atoms with van der Waals surface area (Å²) in [6.07, 6.45) is 0. The summed E-state index contributed by atoms with van der Waals surface area (Å²) in [5.74, 6) is 0.187. The molecule has 0 fully saturated rings. The number of hydrogen-bond acceptors (Lipinski definition) is 6. The smallest absolute Gasteiger partial charge is 0.281 e. The minimum absolute atomic E-state index is 0.0905. The highest BCUT2D eigenvalue weighted by Crippen LogP contribution is 2.15. The SMILES string of the molecule is CC(=O)c1cccc(OCC(=O)Nn2c(C)nc3sccc3c2=O)c1. The number of ether oxygens (including phenoxy) is 1. The van der Waals surface area contributed by atoms with Crippen LogP contribution in [0.3, 0.4) is 0 Å². The molecular weight excluding hydrogens is 342 g/mol. The van der Waals surface area contributed by atoms with E-state index in [0.717, 1.165) is 4.68 Å². The third-order valence-corrected chi connectivity index (χ3v) is 4.32. The maximum absolute atomic E-state index is 12.4. The van der Waals surface area contributed by atoms with Crippen LogP contribution in [0.25, 0.3) is 10.2 Å². The van der Waals surface area contributed by atoms with Crippen molar-refractivity contribution in [2.75, 3.05) is 12.0 Å². The number of rotatable bonds is 5. The lowest BCUT2D eigenvalue weighted by atomic mass is 10.1. The van der Waals surface area contributed by atoms with Crippen LogP contribution in [0.2, 0.25) is 0 Å². The highest BCUT2D eigenvalue weighted by atomic mass is 32.1. The number of carbonyl (C=O) groups is 2. The normalized spacial score (nSPS) is 10.6. The standard InChI is InChI=1S/C17H15N3O4S/c1-10(21)12-4-3-5-13(8-12)24-9-15(22)19-20-11(2)18-16-14(17(20)23)6-7-25-16/h3-8H,9H2,1-2H3,(H,19,22). The average molecular weight is 357 g/mol. The fourth-order valence-electron chi connectivity index (χ4n) is 2.26. The number of aromatic nitrogens is 2. The molecule has 0 unspecified atom stereocenters. The number of amides is 1. The lowest BCUT2D eigenvalue weighted by molar-refractivity contribution is -0.119. The van der Waals surface area contributed by atoms with Gasteiger partial charge < -0.3 is 4.74 Å². The predicted octanol–water partition coefficient (Wildman–Crippen LogP) is 2.12. The first kappa shape index (κ1) is 16.8. The molecule has 0 radical (unpaired) electrons. The molecule has 3 rings (SSSR count). The van der Waals surface area contributed by atoms with Crippen molar-refractivity contribution >= 4 is 33.2 Å². The van der Waals surface area contributed by atoms with E-state index in [-0.39, 0.29) is 17.9 Å². The van der Waals surface area contributed by atoms with E-state index in [1.165, 1.54) is 18.3 Å². The molecule has 1 aromatic carbocycles. The van der Waals surface area contributed by atoms with Crippen molar-refractivity contribution in [3.05, 3.63) is 57.5 Å². The Kier molecular flexibility index (Phi) is 4.62. The lowest BCUT2D eigenvalue weighted by Gasteiger charge is -2.12. The van der Waals surface area contributed by atoms with Gasteiger partial charge in [-0.3, -0.25) is 19.8 Å². The van der Waals surface area contributed by atoms with E-state index in [1.807, 2.05) is 0 Å². The number of thiophene rings is 1. The van der Waals surface area contributed by atoms with Gasteiger partial charge in [0.15, 0.2) is 12.4 Å². The quantitative estimate of drug-likeness (QED) is 0.707. The zero-order valence-corrected chi connectivity index (χ0v) is 14.4. The van der Waals surface area contributed by atoms with Gasteiger partial charge in [0.2, 0.25) is 0 Å². The second kappa shape index (κ2) is 6.86. The summed E-state index contributed by atoms with van der Waals surface area (Å²) in [5.41, 5.74) is 2.64. The molecule has 0 atom stereocenters. The molecule has 7 nitrogen and oxygen atoms in total. The lowest BCUT2D eigenvalue weighted by Crippen LogP contribution is -2.37. The number of benzene rings is 1. The minimum atomic E-state index is -0.505. The third-order valence-electron chi connectivity index (χ3n) is 3.51. The van der Waals surface area contributed by atoms with Gasteiger partial charge in [-0.2, -0.15) is 0 Å². The average Bonchev–Trinajstić information content (AvgIpc) is 3.05. The van der Waals surface area contributed by atoms with Crippen molar-refractivity contribution < 1.29 is 14.3 Å². The fraction of sp³-hybridized carbons (Fsp3) is 0.176. The zero-order valence-electron chi connectivity index (χ0n) is 13.6. The highest BCUT2D eigenvalue weighted by Gasteiger charge is 2.12. The first-order valence-corrected chi connectivity index (χ1v) is 8.34. The van der Waals surface area contributed by atoms with Gasteiger partial charge in [-0.05, 0) is 37.4 Å². The molecule has 2 heterocycles. The molecule has 128 valence electrons. The molecule has 0 aliphatic heterocycles. The van der Waals surface area contributed by atoms with Crippen LogP contribution in [-0.2, 0) is 4.79 Å². The van der Waals surface area contributed by atoms with Crippen molar-refractivity contribution in [3.63, 3.8) is 0 Å². The Bertz CT molecular complexity index is 1020. The monoisotopic (exact) mass is 357 g/mol. The first-order valence-electron chi connectivity index (χ1n) is 7.46. The maximum atomic E-state index is 12.4. The molecular formula is C17H15N3O4S. The van der Waals surface area contributed by atoms with Crippen LogP contribution in [0, 0.1) is 6.92 Å². The predicted molar refractivity (Wildman–Crippen MR) is 94.9 cm³/mol. The van der Waals surface area contributed by atoms with Gasteiger partial charge in [0.25, 0.3) is 11.5 Å². The van der Waals surface area contributed by atoms with E-state index < -0.39 is 5.91 Å². The van der Waals surface area contributed by atoms with Crippen molar-refractivity contribution in [1.82, 2.24) is 9.66 Å². The summed E-state index contributed by atoms with van der Waals surface area (Å²) in [5, 5.41) is 2.22. The summed E-state index contributed by atoms with van der Waals surface area (Å²) in [4.78, 5) is 40.7. The van der Waals surface area contributed by atoms with Gasteiger partial charge in [-0.25, -0.2) is 9.66 Å². The molecule has 0 spiro atoms. The maximum Gasteiger partial charge on any atom is 0.281 e. The van der Waals surface area contributed by atoms with Gasteiger partial charge in [0.05, 0.1) is 5.39 Å². The van der Waals surface area contributed by atoms with E-state index in [2.05, 4.69) is 10.4 Å². The molecule has 0 aliphatic rings. The molecule has 3 aromatic rings. The van der Waals surface area contributed by atoms with Crippen LogP contribution in [-0.4, -0.2) is 28.0 Å². The van der Waals surface area contributed by atoms with Crippen LogP contribution in [0.1, 0.15) is 23.1 Å². The van der Waals surface area contributed by atoms with Crippen molar-refractivity contribution in [3.8, 4) is 5.75 Å². The molecule has 8 heteroatoms. The van der Waals surface area contributed by atoms with Crippen molar-refractivity contribution in [2.45, 2.75) is 13.8 Å². The second-order valence-corrected chi connectivity index (χ2v) is 6.24. The van der Waals surface area contributed by atoms with E-state index >= 15 is 0 Å². The summed E-state index contributed by atoms with van der Waals surface area (Å²) >= 11 is 1.37. The fourth-order valence-corrected chi connectivity index (χ4v) is 3.06. The van der Waals surface area contributed by atoms with Gasteiger partial charge in [0.1, 0.15) is 16.4 Å². The van der Waals surface area contributed by atoms with Crippen LogP contribution >= 0.6 is 11.3 Å². The van der Waals surface area contributed by atoms with E-state index in [0.29, 0.717) is 27.4 Å². The second-order valence-electron chi connectivity index (χ2n) is 5.35. The van der Waals surface area contributed by atoms with E-state index in [4.69, 9.17) is 4.74 Å². The number of nitrogens with zero attached hydrogens (tertiary/aromatic N) is 2. The van der Waals surface area contributed by atoms with Gasteiger partial charge in [0, 0.05) is 5.56 Å². The molecule has 2 aromatic heterocycles. The molecule has 0 bridgehead atoms. The summed E-state index contributed by atoms with van der Waals surface area (Å²) in [7, 11) is 0. The summed E-state index contributed by atoms with van der Waals surface area (Å²) in [6, 6.07) is 8.22. The van der Waals surface area contributed by atoms with Crippen LogP contribution in [0.5, 0.6) is 5.75 Å². The first-order chi connectivity index (χ1) is 12.0. The van der Waals surface area contributed by atoms with E-state index in [1.54, 1.807) is 42.6 Å². The Morgan fingerprint density at radius 3 is 2.88 bits per heavy atom. The Morgan fingerprint density at radius 2 is 2.12 bits per heavy atom. The summed E-state index contributed by atoms with van der Waals surface area (Å²) in [6.45, 7) is 2.79. The van der Waals surface area contributed by atoms with Crippen LogP contribution in [0.15, 0.2) is 40.5 Å². The van der Waals surface area contributed by atoms with Crippen LogP contribution < -0.4 is 15.7 Å². The molecule has 1 amide bonds. The number of hydrogen-bond donors (Lipinski definition) is 1. The van der Waals surface area contributed by atoms with Crippen molar-refractivity contribution in [2.24, 2.45) is 0 Å². The van der Waals surface area contributed by atoms with Gasteiger partial charge >= 0.3 is 0 Å². The van der Waals surface area contributed by atoms with Crippen molar-refractivity contribution in [1.29, 1.82) is 0 Å². The highest BCUT2D eigenvalue weighted by molar-refractivity contribution is 7.16. The van der Waals surface area contributed by atoms with E-state index in [9.17, 15) is 14.4 Å². The number of fused-ring (bicyclic) bond motifs is 1. The molecule has 0 saturated heterocycles. The Balaban J connectivity index is 1.72. The third kappa shape index (κ3) is 3.58. The number of nitrogens with one attached hydrogen (secondary N) is 1. The molecule has 1 N–H and O–H groups in total. The number of ketones is 1. The minimum Gasteiger partial charge on any atom is -0.484 e. The molecule has 25 heavy (non-hydrogen) atoms. The van der Waals surface area contributed by atoms with Gasteiger partial charge in [-0.15, -0.1) is 11.3 Å². The Hall–Kier alpha value is -3.00. The zero-order chi connectivity index (χ0) is 18.0. The van der Waals surface area contributed by atoms with Crippen LogP contribution in [0.4, 0.5) is 0 Å². The number of aryl methyl sites for hydroxylation is 1. The number of carbonyl (C=O) groups excluding carboxylic acids is 2. The van der Waals surface area contributed by atoms with Gasteiger partial charge in [-0.1, -0.05) is 12.1 Å². The summed E-state index contributed by atoms with van der Waals surface area (Å²) < 4.78 is 6.49.